The van der Waals surface area contributed by atoms with Crippen LogP contribution in [0.2, 0.25) is 0 Å². The molecule has 0 aliphatic heterocycles. The molecule has 0 saturated heterocycles. The molecule has 0 nitrogen and oxygen atoms in total. The van der Waals surface area contributed by atoms with Crippen LogP contribution < -0.4 is 0 Å². The normalized spacial score (nSPS) is 11.2. The summed E-state index contributed by atoms with van der Waals surface area (Å²) in [6.07, 6.45) is 11.1. The summed E-state index contributed by atoms with van der Waals surface area (Å²) in [7, 11) is 0. The summed E-state index contributed by atoms with van der Waals surface area (Å²) in [6, 6.07) is 0. The summed E-state index contributed by atoms with van der Waals surface area (Å²) in [4.78, 5) is 0. The van der Waals surface area contributed by atoms with E-state index in [2.05, 4.69) is 25.2 Å². The molecule has 12 heavy (non-hydrogen) atoms. The number of rotatable bonds is 2. The number of halogens is 3. The minimum atomic E-state index is 0. The van der Waals surface area contributed by atoms with E-state index in [1.165, 1.54) is 18.4 Å². The number of hydrogen-bond acceptors (Lipinski definition) is 0. The van der Waals surface area contributed by atoms with Gasteiger partial charge >= 0.3 is 0 Å². The van der Waals surface area contributed by atoms with Crippen LogP contribution in [0.3, 0.4) is 0 Å². The van der Waals surface area contributed by atoms with Gasteiger partial charge in [-0.05, 0) is 0 Å². The van der Waals surface area contributed by atoms with Gasteiger partial charge in [0.1, 0.15) is 0 Å². The van der Waals surface area contributed by atoms with Crippen LogP contribution in [-0.2, 0) is 18.6 Å². The Morgan fingerprint density at radius 3 is 2.25 bits per heavy atom. The second-order valence-electron chi connectivity index (χ2n) is 2.06. The fourth-order valence-corrected chi connectivity index (χ4v) is 0.891. The zero-order chi connectivity index (χ0) is 5.82. The molecule has 1 aliphatic carbocycles. The Kier molecular flexibility index (Phi) is 27.8. The van der Waals surface area contributed by atoms with Crippen molar-refractivity contribution >= 4 is 37.2 Å². The summed E-state index contributed by atoms with van der Waals surface area (Å²) >= 11 is 0. The molecular formula is C8H14Cl3V-. The first kappa shape index (κ1) is 23.1. The van der Waals surface area contributed by atoms with Crippen LogP contribution in [0.15, 0.2) is 17.7 Å². The number of hydrogen-bond donors (Lipinski definition) is 0. The van der Waals surface area contributed by atoms with Gasteiger partial charge in [-0.15, -0.1) is 43.6 Å². The maximum atomic E-state index is 3.26. The summed E-state index contributed by atoms with van der Waals surface area (Å²) in [5, 5.41) is 0. The van der Waals surface area contributed by atoms with Crippen molar-refractivity contribution in [3.05, 3.63) is 23.8 Å². The monoisotopic (exact) mass is 266 g/mol. The van der Waals surface area contributed by atoms with E-state index >= 15 is 0 Å². The minimum absolute atomic E-state index is 0. The van der Waals surface area contributed by atoms with E-state index in [4.69, 9.17) is 0 Å². The molecule has 0 bridgehead atoms. The Morgan fingerprint density at radius 1 is 1.33 bits per heavy atom. The van der Waals surface area contributed by atoms with E-state index in [1.54, 1.807) is 0 Å². The number of allylic oxidation sites excluding steroid dienone is 4. The van der Waals surface area contributed by atoms with Crippen molar-refractivity contribution in [3.8, 4) is 0 Å². The molecule has 73 valence electrons. The van der Waals surface area contributed by atoms with Gasteiger partial charge in [-0.25, -0.2) is 11.6 Å². The second kappa shape index (κ2) is 14.5. The molecule has 0 fully saturated rings. The molecule has 0 amide bonds. The zero-order valence-electron chi connectivity index (χ0n) is 6.95. The second-order valence-corrected chi connectivity index (χ2v) is 2.06. The van der Waals surface area contributed by atoms with E-state index in [0.717, 1.165) is 6.42 Å². The van der Waals surface area contributed by atoms with Crippen molar-refractivity contribution in [3.63, 3.8) is 0 Å². The molecule has 0 unspecified atom stereocenters. The third-order valence-electron chi connectivity index (χ3n) is 1.29. The topological polar surface area (TPSA) is 0 Å². The molecule has 1 radical (unpaired) electrons. The molecule has 0 spiro atoms. The van der Waals surface area contributed by atoms with Crippen LogP contribution in [0.1, 0.15) is 26.2 Å². The minimum Gasteiger partial charge on any atom is -0.269 e. The van der Waals surface area contributed by atoms with Crippen LogP contribution in [0.5, 0.6) is 0 Å². The van der Waals surface area contributed by atoms with Crippen molar-refractivity contribution in [1.82, 2.24) is 0 Å². The summed E-state index contributed by atoms with van der Waals surface area (Å²) < 4.78 is 0. The average molecular weight is 268 g/mol. The van der Waals surface area contributed by atoms with Crippen molar-refractivity contribution < 1.29 is 18.6 Å². The smallest absolute Gasteiger partial charge is 0 e. The summed E-state index contributed by atoms with van der Waals surface area (Å²) in [5.74, 6) is 0. The van der Waals surface area contributed by atoms with Crippen molar-refractivity contribution in [2.75, 3.05) is 0 Å². The van der Waals surface area contributed by atoms with E-state index in [0.29, 0.717) is 0 Å². The van der Waals surface area contributed by atoms with Gasteiger partial charge in [0.15, 0.2) is 0 Å². The molecular weight excluding hydrogens is 253 g/mol. The van der Waals surface area contributed by atoms with Crippen molar-refractivity contribution in [2.45, 2.75) is 26.2 Å². The molecule has 0 atom stereocenters. The van der Waals surface area contributed by atoms with E-state index in [9.17, 15) is 0 Å². The molecule has 0 aromatic carbocycles. The van der Waals surface area contributed by atoms with Gasteiger partial charge in [0, 0.05) is 18.6 Å². The van der Waals surface area contributed by atoms with Gasteiger partial charge < -0.3 is 0 Å². The van der Waals surface area contributed by atoms with Gasteiger partial charge in [-0.3, -0.25) is 6.08 Å². The fraction of sp³-hybridized carbons (Fsp3) is 0.500. The molecule has 0 N–H and O–H groups in total. The van der Waals surface area contributed by atoms with Crippen LogP contribution in [-0.4, -0.2) is 0 Å². The van der Waals surface area contributed by atoms with Gasteiger partial charge in [-0.2, -0.15) is 6.08 Å². The Bertz CT molecular complexity index is 132. The maximum absolute atomic E-state index is 3.26. The summed E-state index contributed by atoms with van der Waals surface area (Å²) in [5.41, 5.74) is 1.40. The first-order valence-corrected chi connectivity index (χ1v) is 3.19. The first-order chi connectivity index (χ1) is 3.93. The maximum Gasteiger partial charge on any atom is 0 e. The predicted octanol–water partition coefficient (Wildman–Crippen LogP) is 3.74. The fourth-order valence-electron chi connectivity index (χ4n) is 0.891. The first-order valence-electron chi connectivity index (χ1n) is 3.19. The van der Waals surface area contributed by atoms with Crippen LogP contribution >= 0.6 is 37.2 Å². The van der Waals surface area contributed by atoms with Crippen LogP contribution in [0.4, 0.5) is 0 Å². The Balaban J connectivity index is -0.0000000800. The van der Waals surface area contributed by atoms with Gasteiger partial charge in [-0.1, -0.05) is 19.8 Å². The molecule has 1 rings (SSSR count). The Labute approximate surface area is 105 Å². The average Bonchev–Trinajstić information content (AvgIpc) is 2.19. The van der Waals surface area contributed by atoms with E-state index < -0.39 is 0 Å². The molecule has 4 heteroatoms. The molecule has 0 heterocycles. The van der Waals surface area contributed by atoms with Crippen LogP contribution in [0.25, 0.3) is 0 Å². The molecule has 0 aromatic heterocycles. The predicted molar refractivity (Wildman–Crippen MR) is 57.2 cm³/mol. The Morgan fingerprint density at radius 2 is 1.92 bits per heavy atom. The molecule has 0 saturated carbocycles. The standard InChI is InChI=1S/C8H11.3ClH.V/c1-2-5-8-6-3-4-7-8;;;;/h3,6H,2,4-5H2,1H3;3*1H;/q-1;;;;. The molecule has 1 aliphatic rings. The third kappa shape index (κ3) is 9.03. The van der Waals surface area contributed by atoms with E-state index in [1.807, 2.05) is 0 Å². The van der Waals surface area contributed by atoms with Gasteiger partial charge in [0.25, 0.3) is 0 Å². The van der Waals surface area contributed by atoms with Gasteiger partial charge in [0.2, 0.25) is 0 Å². The quantitative estimate of drug-likeness (QED) is 0.669. The van der Waals surface area contributed by atoms with Crippen molar-refractivity contribution in [2.24, 2.45) is 0 Å². The summed E-state index contributed by atoms with van der Waals surface area (Å²) in [6.45, 7) is 2.20. The van der Waals surface area contributed by atoms with Crippen LogP contribution in [0, 0.1) is 6.08 Å². The molecule has 0 aromatic rings. The Hall–Kier alpha value is 0.934. The van der Waals surface area contributed by atoms with Gasteiger partial charge in [0.05, 0.1) is 0 Å². The zero-order valence-corrected chi connectivity index (χ0v) is 10.8. The third-order valence-corrected chi connectivity index (χ3v) is 1.29. The largest absolute Gasteiger partial charge is 0.269 e. The van der Waals surface area contributed by atoms with Crippen molar-refractivity contribution in [1.29, 1.82) is 0 Å². The van der Waals surface area contributed by atoms with E-state index in [-0.39, 0.29) is 55.8 Å². The SMILES string of the molecule is CCCC1=[C-]CC=C1.Cl.Cl.Cl.[V].